The average molecular weight is 278 g/mol. The Hall–Kier alpha value is -1.81. The zero-order valence-electron chi connectivity index (χ0n) is 10.7. The minimum atomic E-state index is -0.665. The van der Waals surface area contributed by atoms with Crippen molar-refractivity contribution in [3.05, 3.63) is 54.4 Å². The number of halogens is 1. The molecule has 19 heavy (non-hydrogen) atoms. The highest BCUT2D eigenvalue weighted by Crippen LogP contribution is 2.20. The van der Waals surface area contributed by atoms with Gasteiger partial charge in [0.2, 0.25) is 5.91 Å². The van der Waals surface area contributed by atoms with Crippen LogP contribution in [0.25, 0.3) is 0 Å². The predicted octanol–water partition coefficient (Wildman–Crippen LogP) is 2.37. The lowest BCUT2D eigenvalue weighted by atomic mass is 10.1. The third kappa shape index (κ3) is 3.83. The number of amides is 1. The molecule has 2 unspecified atom stereocenters. The number of alkyl halides is 1. The van der Waals surface area contributed by atoms with E-state index in [1.807, 2.05) is 49.5 Å². The lowest BCUT2D eigenvalue weighted by Gasteiger charge is -2.16. The Morgan fingerprint density at radius 2 is 2.11 bits per heavy atom. The van der Waals surface area contributed by atoms with Gasteiger partial charge in [-0.1, -0.05) is 30.3 Å². The van der Waals surface area contributed by atoms with Crippen molar-refractivity contribution in [2.24, 2.45) is 0 Å². The molecule has 0 saturated carbocycles. The van der Waals surface area contributed by atoms with Gasteiger partial charge in [-0.3, -0.25) is 9.48 Å². The van der Waals surface area contributed by atoms with Gasteiger partial charge in [-0.15, -0.1) is 11.6 Å². The summed E-state index contributed by atoms with van der Waals surface area (Å²) in [5, 5.41) is 6.32. The number of aromatic nitrogens is 2. The molecule has 0 bridgehead atoms. The standard InChI is InChI=1S/C14H16ClN3O/c1-11(10-18-9-5-8-16-18)17-14(19)13(15)12-6-3-2-4-7-12/h2-9,11,13H,10H2,1H3,(H,17,19). The van der Waals surface area contributed by atoms with Crippen molar-refractivity contribution in [2.75, 3.05) is 0 Å². The van der Waals surface area contributed by atoms with Crippen molar-refractivity contribution in [3.63, 3.8) is 0 Å². The third-order valence-electron chi connectivity index (χ3n) is 2.73. The quantitative estimate of drug-likeness (QED) is 0.853. The molecule has 2 atom stereocenters. The van der Waals surface area contributed by atoms with Gasteiger partial charge < -0.3 is 5.32 Å². The van der Waals surface area contributed by atoms with E-state index in [-0.39, 0.29) is 11.9 Å². The fourth-order valence-corrected chi connectivity index (χ4v) is 2.03. The van der Waals surface area contributed by atoms with E-state index in [1.165, 1.54) is 0 Å². The maximum atomic E-state index is 12.0. The van der Waals surface area contributed by atoms with Gasteiger partial charge in [-0.2, -0.15) is 5.10 Å². The van der Waals surface area contributed by atoms with Crippen LogP contribution in [0.5, 0.6) is 0 Å². The molecule has 0 aliphatic heterocycles. The van der Waals surface area contributed by atoms with Crippen LogP contribution in [-0.2, 0) is 11.3 Å². The number of rotatable bonds is 5. The fourth-order valence-electron chi connectivity index (χ4n) is 1.82. The van der Waals surface area contributed by atoms with Gasteiger partial charge in [0.1, 0.15) is 5.38 Å². The largest absolute Gasteiger partial charge is 0.350 e. The van der Waals surface area contributed by atoms with Crippen LogP contribution in [0.4, 0.5) is 0 Å². The first-order valence-corrected chi connectivity index (χ1v) is 6.57. The van der Waals surface area contributed by atoms with Crippen LogP contribution in [0.2, 0.25) is 0 Å². The Morgan fingerprint density at radius 1 is 1.37 bits per heavy atom. The number of hydrogen-bond donors (Lipinski definition) is 1. The SMILES string of the molecule is CC(Cn1cccn1)NC(=O)C(Cl)c1ccccc1. The van der Waals surface area contributed by atoms with Crippen molar-refractivity contribution in [1.82, 2.24) is 15.1 Å². The summed E-state index contributed by atoms with van der Waals surface area (Å²) in [7, 11) is 0. The first-order valence-electron chi connectivity index (χ1n) is 6.13. The normalized spacial score (nSPS) is 13.8. The second-order valence-corrected chi connectivity index (χ2v) is 4.85. The van der Waals surface area contributed by atoms with Crippen LogP contribution in [0.1, 0.15) is 17.9 Å². The first kappa shape index (κ1) is 13.6. The van der Waals surface area contributed by atoms with Crippen LogP contribution in [0, 0.1) is 0 Å². The van der Waals surface area contributed by atoms with E-state index in [1.54, 1.807) is 10.9 Å². The van der Waals surface area contributed by atoms with E-state index in [9.17, 15) is 4.79 Å². The summed E-state index contributed by atoms with van der Waals surface area (Å²) in [6, 6.07) is 11.1. The van der Waals surface area contributed by atoms with E-state index in [2.05, 4.69) is 10.4 Å². The molecule has 0 aliphatic rings. The Kier molecular flexibility index (Phi) is 4.58. The molecular formula is C14H16ClN3O. The number of benzene rings is 1. The topological polar surface area (TPSA) is 46.9 Å². The molecule has 2 aromatic rings. The highest BCUT2D eigenvalue weighted by Gasteiger charge is 2.19. The highest BCUT2D eigenvalue weighted by molar-refractivity contribution is 6.30. The molecule has 4 nitrogen and oxygen atoms in total. The number of carbonyl (C=O) groups is 1. The Morgan fingerprint density at radius 3 is 2.74 bits per heavy atom. The van der Waals surface area contributed by atoms with Gasteiger partial charge in [0.25, 0.3) is 0 Å². The second kappa shape index (κ2) is 6.38. The molecule has 0 aliphatic carbocycles. The number of carbonyl (C=O) groups excluding carboxylic acids is 1. The summed E-state index contributed by atoms with van der Waals surface area (Å²) in [4.78, 5) is 12.0. The average Bonchev–Trinajstić information content (AvgIpc) is 2.91. The molecule has 0 saturated heterocycles. The molecule has 1 heterocycles. The van der Waals surface area contributed by atoms with E-state index in [0.717, 1.165) is 5.56 Å². The molecular weight excluding hydrogens is 262 g/mol. The smallest absolute Gasteiger partial charge is 0.242 e. The van der Waals surface area contributed by atoms with Gasteiger partial charge in [0, 0.05) is 18.4 Å². The van der Waals surface area contributed by atoms with Crippen LogP contribution in [0.15, 0.2) is 48.8 Å². The molecule has 1 amide bonds. The summed E-state index contributed by atoms with van der Waals surface area (Å²) in [5.74, 6) is -0.187. The van der Waals surface area contributed by atoms with Gasteiger partial charge in [-0.05, 0) is 18.6 Å². The molecule has 100 valence electrons. The summed E-state index contributed by atoms with van der Waals surface area (Å²) >= 11 is 6.15. The lowest BCUT2D eigenvalue weighted by molar-refractivity contribution is -0.121. The Labute approximate surface area is 117 Å². The zero-order valence-corrected chi connectivity index (χ0v) is 11.4. The number of hydrogen-bond acceptors (Lipinski definition) is 2. The summed E-state index contributed by atoms with van der Waals surface area (Å²) in [6.45, 7) is 2.55. The van der Waals surface area contributed by atoms with E-state index in [0.29, 0.717) is 6.54 Å². The lowest BCUT2D eigenvalue weighted by Crippen LogP contribution is -2.37. The van der Waals surface area contributed by atoms with Crippen molar-refractivity contribution < 1.29 is 4.79 Å². The maximum Gasteiger partial charge on any atom is 0.242 e. The molecule has 0 radical (unpaired) electrons. The summed E-state index contributed by atoms with van der Waals surface area (Å²) in [6.07, 6.45) is 3.57. The van der Waals surface area contributed by atoms with Gasteiger partial charge >= 0.3 is 0 Å². The van der Waals surface area contributed by atoms with Crippen LogP contribution < -0.4 is 5.32 Å². The molecule has 5 heteroatoms. The summed E-state index contributed by atoms with van der Waals surface area (Å²) < 4.78 is 1.77. The Bertz CT molecular complexity index is 513. The minimum absolute atomic E-state index is 0.0302. The van der Waals surface area contributed by atoms with Crippen LogP contribution in [-0.4, -0.2) is 21.7 Å². The highest BCUT2D eigenvalue weighted by atomic mass is 35.5. The van der Waals surface area contributed by atoms with Gasteiger partial charge in [0.05, 0.1) is 6.54 Å². The fraction of sp³-hybridized carbons (Fsp3) is 0.286. The summed E-state index contributed by atoms with van der Waals surface area (Å²) in [5.41, 5.74) is 0.799. The predicted molar refractivity (Wildman–Crippen MR) is 74.9 cm³/mol. The second-order valence-electron chi connectivity index (χ2n) is 4.41. The first-order chi connectivity index (χ1) is 9.16. The zero-order chi connectivity index (χ0) is 13.7. The van der Waals surface area contributed by atoms with Crippen LogP contribution in [0.3, 0.4) is 0 Å². The number of nitrogens with one attached hydrogen (secondary N) is 1. The maximum absolute atomic E-state index is 12.0. The molecule has 1 aromatic carbocycles. The molecule has 1 aromatic heterocycles. The number of nitrogens with zero attached hydrogens (tertiary/aromatic N) is 2. The minimum Gasteiger partial charge on any atom is -0.350 e. The van der Waals surface area contributed by atoms with E-state index < -0.39 is 5.38 Å². The van der Waals surface area contributed by atoms with Crippen molar-refractivity contribution >= 4 is 17.5 Å². The van der Waals surface area contributed by atoms with Gasteiger partial charge in [0.15, 0.2) is 0 Å². The van der Waals surface area contributed by atoms with Gasteiger partial charge in [-0.25, -0.2) is 0 Å². The molecule has 1 N–H and O–H groups in total. The third-order valence-corrected chi connectivity index (χ3v) is 3.18. The van der Waals surface area contributed by atoms with E-state index in [4.69, 9.17) is 11.6 Å². The molecule has 2 rings (SSSR count). The molecule has 0 spiro atoms. The van der Waals surface area contributed by atoms with E-state index >= 15 is 0 Å². The monoisotopic (exact) mass is 277 g/mol. The molecule has 0 fully saturated rings. The van der Waals surface area contributed by atoms with Crippen molar-refractivity contribution in [2.45, 2.75) is 24.9 Å². The van der Waals surface area contributed by atoms with Crippen molar-refractivity contribution in [1.29, 1.82) is 0 Å². The Balaban J connectivity index is 1.90. The van der Waals surface area contributed by atoms with Crippen molar-refractivity contribution in [3.8, 4) is 0 Å². The van der Waals surface area contributed by atoms with Crippen LogP contribution >= 0.6 is 11.6 Å².